The zero-order valence-electron chi connectivity index (χ0n) is 19.8. The van der Waals surface area contributed by atoms with E-state index < -0.39 is 17.9 Å². The predicted molar refractivity (Wildman–Crippen MR) is 128 cm³/mol. The van der Waals surface area contributed by atoms with Gasteiger partial charge < -0.3 is 24.3 Å². The van der Waals surface area contributed by atoms with Crippen LogP contribution >= 0.6 is 0 Å². The van der Waals surface area contributed by atoms with Crippen LogP contribution < -0.4 is 19.5 Å². The quantitative estimate of drug-likeness (QED) is 0.458. The van der Waals surface area contributed by atoms with Crippen LogP contribution in [0.4, 0.5) is 0 Å². The van der Waals surface area contributed by atoms with E-state index in [4.69, 9.17) is 18.9 Å². The SMILES string of the molecule is COc1ccc(C(NC(=O)COC(=O)Cc2ccc(C)c(OC)c2)c2ccc(OC)cc2)cc1. The van der Waals surface area contributed by atoms with E-state index in [9.17, 15) is 9.59 Å². The van der Waals surface area contributed by atoms with Crippen LogP contribution in [0.1, 0.15) is 28.3 Å². The maximum absolute atomic E-state index is 12.7. The van der Waals surface area contributed by atoms with Gasteiger partial charge in [-0.25, -0.2) is 0 Å². The Balaban J connectivity index is 1.66. The van der Waals surface area contributed by atoms with Crippen molar-refractivity contribution in [3.63, 3.8) is 0 Å². The number of rotatable bonds is 10. The lowest BCUT2D eigenvalue weighted by Gasteiger charge is -2.20. The summed E-state index contributed by atoms with van der Waals surface area (Å²) in [5, 5.41) is 2.95. The molecule has 3 aromatic rings. The zero-order chi connectivity index (χ0) is 24.5. The Morgan fingerprint density at radius 3 is 1.85 bits per heavy atom. The number of esters is 1. The Kier molecular flexibility index (Phi) is 8.51. The van der Waals surface area contributed by atoms with Crippen molar-refractivity contribution in [3.8, 4) is 17.2 Å². The van der Waals surface area contributed by atoms with Crippen molar-refractivity contribution in [2.75, 3.05) is 27.9 Å². The second-order valence-corrected chi connectivity index (χ2v) is 7.69. The first-order chi connectivity index (χ1) is 16.4. The normalized spacial score (nSPS) is 10.5. The van der Waals surface area contributed by atoms with Crippen molar-refractivity contribution in [2.24, 2.45) is 0 Å². The lowest BCUT2D eigenvalue weighted by molar-refractivity contribution is -0.148. The van der Waals surface area contributed by atoms with Crippen LogP contribution in [0.3, 0.4) is 0 Å². The van der Waals surface area contributed by atoms with Gasteiger partial charge in [0.15, 0.2) is 6.61 Å². The minimum absolute atomic E-state index is 0.0459. The van der Waals surface area contributed by atoms with E-state index in [2.05, 4.69) is 5.32 Å². The molecule has 178 valence electrons. The number of carbonyl (C=O) groups is 2. The fraction of sp³-hybridized carbons (Fsp3) is 0.259. The highest BCUT2D eigenvalue weighted by Crippen LogP contribution is 2.26. The molecular weight excluding hydrogens is 434 g/mol. The molecule has 0 aliphatic carbocycles. The molecule has 7 heteroatoms. The first kappa shape index (κ1) is 24.6. The molecule has 0 radical (unpaired) electrons. The molecule has 0 aliphatic heterocycles. The van der Waals surface area contributed by atoms with Gasteiger partial charge in [-0.1, -0.05) is 36.4 Å². The highest BCUT2D eigenvalue weighted by Gasteiger charge is 2.19. The first-order valence-electron chi connectivity index (χ1n) is 10.8. The van der Waals surface area contributed by atoms with Crippen LogP contribution in [-0.4, -0.2) is 39.8 Å². The number of nitrogens with one attached hydrogen (secondary N) is 1. The second-order valence-electron chi connectivity index (χ2n) is 7.69. The van der Waals surface area contributed by atoms with Gasteiger partial charge in [-0.15, -0.1) is 0 Å². The van der Waals surface area contributed by atoms with Gasteiger partial charge in [0.2, 0.25) is 0 Å². The average molecular weight is 464 g/mol. The van der Waals surface area contributed by atoms with Crippen molar-refractivity contribution in [2.45, 2.75) is 19.4 Å². The van der Waals surface area contributed by atoms with Crippen LogP contribution in [-0.2, 0) is 20.7 Å². The molecule has 0 aliphatic rings. The lowest BCUT2D eigenvalue weighted by atomic mass is 9.98. The summed E-state index contributed by atoms with van der Waals surface area (Å²) < 4.78 is 21.0. The van der Waals surface area contributed by atoms with Gasteiger partial charge in [0.05, 0.1) is 33.8 Å². The predicted octanol–water partition coefficient (Wildman–Crippen LogP) is 4.01. The second kappa shape index (κ2) is 11.7. The average Bonchev–Trinajstić information content (AvgIpc) is 2.87. The van der Waals surface area contributed by atoms with Gasteiger partial charge in [0.1, 0.15) is 17.2 Å². The molecule has 34 heavy (non-hydrogen) atoms. The topological polar surface area (TPSA) is 83.1 Å². The fourth-order valence-corrected chi connectivity index (χ4v) is 3.49. The third-order valence-corrected chi connectivity index (χ3v) is 5.39. The van der Waals surface area contributed by atoms with Crippen LogP contribution in [0.2, 0.25) is 0 Å². The number of aryl methyl sites for hydroxylation is 1. The molecule has 0 saturated heterocycles. The minimum atomic E-state index is -0.494. The Morgan fingerprint density at radius 2 is 1.35 bits per heavy atom. The van der Waals surface area contributed by atoms with E-state index in [1.54, 1.807) is 27.4 Å². The fourth-order valence-electron chi connectivity index (χ4n) is 3.49. The maximum Gasteiger partial charge on any atom is 0.310 e. The monoisotopic (exact) mass is 463 g/mol. The lowest BCUT2D eigenvalue weighted by Crippen LogP contribution is -2.33. The first-order valence-corrected chi connectivity index (χ1v) is 10.8. The van der Waals surface area contributed by atoms with E-state index in [0.29, 0.717) is 17.2 Å². The van der Waals surface area contributed by atoms with Gasteiger partial charge in [0, 0.05) is 0 Å². The van der Waals surface area contributed by atoms with Gasteiger partial charge >= 0.3 is 5.97 Å². The smallest absolute Gasteiger partial charge is 0.310 e. The van der Waals surface area contributed by atoms with E-state index in [-0.39, 0.29) is 13.0 Å². The van der Waals surface area contributed by atoms with Crippen LogP contribution in [0.15, 0.2) is 66.7 Å². The summed E-state index contributed by atoms with van der Waals surface area (Å²) >= 11 is 0. The highest BCUT2D eigenvalue weighted by molar-refractivity contribution is 5.82. The van der Waals surface area contributed by atoms with E-state index in [0.717, 1.165) is 22.3 Å². The Bertz CT molecular complexity index is 1060. The summed E-state index contributed by atoms with van der Waals surface area (Å²) in [4.78, 5) is 25.0. The summed E-state index contributed by atoms with van der Waals surface area (Å²) in [5.74, 6) is 1.22. The number of amides is 1. The molecule has 0 spiro atoms. The molecule has 0 unspecified atom stereocenters. The summed E-state index contributed by atoms with van der Waals surface area (Å²) in [6.45, 7) is 1.54. The van der Waals surface area contributed by atoms with E-state index in [1.165, 1.54) is 0 Å². The summed E-state index contributed by atoms with van der Waals surface area (Å²) in [5.41, 5.74) is 3.44. The van der Waals surface area contributed by atoms with E-state index >= 15 is 0 Å². The molecule has 0 fully saturated rings. The Labute approximate surface area is 199 Å². The standard InChI is InChI=1S/C27H29NO6/c1-18-5-6-19(15-24(18)33-4)16-26(30)34-17-25(29)28-27(20-7-11-22(31-2)12-8-20)21-9-13-23(32-3)14-10-21/h5-15,27H,16-17H2,1-4H3,(H,28,29). The number of benzene rings is 3. The molecule has 0 aromatic heterocycles. The van der Waals surface area contributed by atoms with Crippen LogP contribution in [0.25, 0.3) is 0 Å². The molecule has 1 amide bonds. The summed E-state index contributed by atoms with van der Waals surface area (Å²) in [6, 6.07) is 19.9. The van der Waals surface area contributed by atoms with Gasteiger partial charge in [-0.05, 0) is 59.5 Å². The van der Waals surface area contributed by atoms with Gasteiger partial charge in [0.25, 0.3) is 5.91 Å². The van der Waals surface area contributed by atoms with Crippen molar-refractivity contribution in [3.05, 3.63) is 89.0 Å². The van der Waals surface area contributed by atoms with Crippen molar-refractivity contribution < 1.29 is 28.5 Å². The van der Waals surface area contributed by atoms with Gasteiger partial charge in [-0.2, -0.15) is 0 Å². The largest absolute Gasteiger partial charge is 0.497 e. The number of ether oxygens (including phenoxy) is 4. The number of methoxy groups -OCH3 is 3. The number of hydrogen-bond donors (Lipinski definition) is 1. The molecule has 7 nitrogen and oxygen atoms in total. The number of carbonyl (C=O) groups excluding carboxylic acids is 2. The highest BCUT2D eigenvalue weighted by atomic mass is 16.5. The molecular formula is C27H29NO6. The molecule has 1 N–H and O–H groups in total. The molecule has 0 bridgehead atoms. The zero-order valence-corrected chi connectivity index (χ0v) is 19.8. The molecule has 0 saturated carbocycles. The van der Waals surface area contributed by atoms with Crippen molar-refractivity contribution >= 4 is 11.9 Å². The van der Waals surface area contributed by atoms with E-state index in [1.807, 2.05) is 67.6 Å². The van der Waals surface area contributed by atoms with Crippen molar-refractivity contribution in [1.29, 1.82) is 0 Å². The third kappa shape index (κ3) is 6.51. The molecule has 3 aromatic carbocycles. The Hall–Kier alpha value is -4.00. The molecule has 3 rings (SSSR count). The summed E-state index contributed by atoms with van der Waals surface area (Å²) in [7, 11) is 4.77. The summed E-state index contributed by atoms with van der Waals surface area (Å²) in [6.07, 6.45) is 0.0459. The minimum Gasteiger partial charge on any atom is -0.497 e. The molecule has 0 atom stereocenters. The van der Waals surface area contributed by atoms with Crippen LogP contribution in [0.5, 0.6) is 17.2 Å². The van der Waals surface area contributed by atoms with Crippen molar-refractivity contribution in [1.82, 2.24) is 5.32 Å². The maximum atomic E-state index is 12.7. The molecule has 0 heterocycles. The number of hydrogen-bond acceptors (Lipinski definition) is 6. The van der Waals surface area contributed by atoms with Gasteiger partial charge in [-0.3, -0.25) is 9.59 Å². The third-order valence-electron chi connectivity index (χ3n) is 5.39. The Morgan fingerprint density at radius 1 is 0.794 bits per heavy atom. The van der Waals surface area contributed by atoms with Crippen LogP contribution in [0, 0.1) is 6.92 Å².